The zero-order valence-corrected chi connectivity index (χ0v) is 48.7. The van der Waals surface area contributed by atoms with Crippen molar-refractivity contribution in [3.05, 3.63) is 36.5 Å². The van der Waals surface area contributed by atoms with E-state index in [1.54, 1.807) is 6.08 Å². The summed E-state index contributed by atoms with van der Waals surface area (Å²) in [6.45, 7) is 2.74. The van der Waals surface area contributed by atoms with E-state index >= 15 is 0 Å². The maximum atomic E-state index is 13.2. The molecule has 9 N–H and O–H groups in total. The molecular formula is C63H117NO13. The molecular weight excluding hydrogens is 979 g/mol. The van der Waals surface area contributed by atoms with Crippen molar-refractivity contribution in [1.29, 1.82) is 0 Å². The number of carbonyl (C=O) groups is 1. The van der Waals surface area contributed by atoms with Gasteiger partial charge < -0.3 is 65.1 Å². The van der Waals surface area contributed by atoms with Crippen LogP contribution in [0.2, 0.25) is 0 Å². The van der Waals surface area contributed by atoms with Crippen molar-refractivity contribution in [1.82, 2.24) is 5.32 Å². The van der Waals surface area contributed by atoms with E-state index in [-0.39, 0.29) is 18.9 Å². The molecule has 0 aliphatic carbocycles. The van der Waals surface area contributed by atoms with E-state index in [9.17, 15) is 45.6 Å². The Morgan fingerprint density at radius 1 is 0.455 bits per heavy atom. The highest BCUT2D eigenvalue weighted by Crippen LogP contribution is 2.30. The summed E-state index contributed by atoms with van der Waals surface area (Å²) in [5.74, 6) is -0.259. The highest BCUT2D eigenvalue weighted by atomic mass is 16.7. The summed E-state index contributed by atoms with van der Waals surface area (Å²) in [6.07, 6.45) is 43.8. The van der Waals surface area contributed by atoms with Gasteiger partial charge in [0.1, 0.15) is 48.8 Å². The van der Waals surface area contributed by atoms with Crippen molar-refractivity contribution < 1.29 is 64.6 Å². The van der Waals surface area contributed by atoms with Crippen LogP contribution < -0.4 is 5.32 Å². The van der Waals surface area contributed by atoms with Gasteiger partial charge in [-0.3, -0.25) is 4.79 Å². The van der Waals surface area contributed by atoms with Crippen LogP contribution in [-0.2, 0) is 23.7 Å². The van der Waals surface area contributed by atoms with Gasteiger partial charge in [0.05, 0.1) is 32.0 Å². The molecule has 1 amide bonds. The molecule has 452 valence electrons. The molecule has 14 heteroatoms. The normalized spacial score (nSPS) is 24.9. The molecule has 77 heavy (non-hydrogen) atoms. The lowest BCUT2D eigenvalue weighted by molar-refractivity contribution is -0.359. The van der Waals surface area contributed by atoms with Gasteiger partial charge in [-0.2, -0.15) is 0 Å². The van der Waals surface area contributed by atoms with Gasteiger partial charge in [0.2, 0.25) is 5.91 Å². The van der Waals surface area contributed by atoms with Gasteiger partial charge in [0.15, 0.2) is 12.6 Å². The van der Waals surface area contributed by atoms with Gasteiger partial charge in [-0.15, -0.1) is 0 Å². The minimum Gasteiger partial charge on any atom is -0.394 e. The number of amides is 1. The van der Waals surface area contributed by atoms with Crippen molar-refractivity contribution in [2.45, 2.75) is 338 Å². The molecule has 0 saturated carbocycles. The van der Waals surface area contributed by atoms with Crippen LogP contribution in [0.15, 0.2) is 36.5 Å². The molecule has 0 spiro atoms. The number of hydrogen-bond acceptors (Lipinski definition) is 13. The quantitative estimate of drug-likeness (QED) is 0.0204. The Morgan fingerprint density at radius 3 is 1.31 bits per heavy atom. The number of aliphatic hydroxyl groups is 8. The fourth-order valence-corrected chi connectivity index (χ4v) is 10.4. The first kappa shape index (κ1) is 71.3. The molecule has 2 saturated heterocycles. The first-order valence-corrected chi connectivity index (χ1v) is 31.7. The number of allylic oxidation sites excluding steroid dienone is 5. The summed E-state index contributed by atoms with van der Waals surface area (Å²) in [5.41, 5.74) is 0. The van der Waals surface area contributed by atoms with Crippen molar-refractivity contribution in [2.24, 2.45) is 0 Å². The van der Waals surface area contributed by atoms with Crippen LogP contribution in [-0.4, -0.2) is 140 Å². The van der Waals surface area contributed by atoms with Crippen LogP contribution in [0.25, 0.3) is 0 Å². The zero-order valence-electron chi connectivity index (χ0n) is 48.7. The van der Waals surface area contributed by atoms with Crippen molar-refractivity contribution >= 4 is 5.91 Å². The third-order valence-corrected chi connectivity index (χ3v) is 15.5. The number of nitrogens with one attached hydrogen (secondary N) is 1. The summed E-state index contributed by atoms with van der Waals surface area (Å²) in [7, 11) is 0. The van der Waals surface area contributed by atoms with Crippen LogP contribution in [0.1, 0.15) is 264 Å². The average Bonchev–Trinajstić information content (AvgIpc) is 3.44. The van der Waals surface area contributed by atoms with E-state index in [1.165, 1.54) is 180 Å². The van der Waals surface area contributed by atoms with Gasteiger partial charge in [-0.05, 0) is 51.4 Å². The summed E-state index contributed by atoms with van der Waals surface area (Å²) >= 11 is 0. The molecule has 0 aromatic rings. The first-order chi connectivity index (χ1) is 37.6. The monoisotopic (exact) mass is 1100 g/mol. The maximum Gasteiger partial charge on any atom is 0.220 e. The van der Waals surface area contributed by atoms with Gasteiger partial charge in [0, 0.05) is 6.42 Å². The predicted molar refractivity (Wildman–Crippen MR) is 309 cm³/mol. The molecule has 12 unspecified atom stereocenters. The van der Waals surface area contributed by atoms with Crippen LogP contribution >= 0.6 is 0 Å². The van der Waals surface area contributed by atoms with E-state index < -0.39 is 86.8 Å². The van der Waals surface area contributed by atoms with Crippen LogP contribution in [0.3, 0.4) is 0 Å². The standard InChI is InChI=1S/C63H117NO13/c1-3-5-7-9-11-13-15-16-17-18-19-20-21-22-23-24-25-26-27-28-29-30-31-32-33-34-35-37-38-40-42-44-46-52(67)51(64-55(68)47-45-43-41-39-36-14-12-10-8-6-4-2)50-74-62-60(73)58(71)61(54(49-66)76-62)77-63-59(72)57(70)56(69)53(48-65)75-63/h10,12,37-38,44,46,51-54,56-63,65-67,69-73H,3-9,11,13-36,39-43,45,47-50H2,1-2H3,(H,64,68)/b12-10-,38-37+,46-44+. The zero-order chi connectivity index (χ0) is 56.0. The minimum absolute atomic E-state index is 0.259. The number of ether oxygens (including phenoxy) is 4. The Labute approximate surface area is 468 Å². The fraction of sp³-hybridized carbons (Fsp3) is 0.889. The number of carbonyl (C=O) groups excluding carboxylic acids is 1. The molecule has 12 atom stereocenters. The molecule has 2 rings (SSSR count). The second-order valence-electron chi connectivity index (χ2n) is 22.5. The molecule has 0 aromatic heterocycles. The molecule has 2 heterocycles. The summed E-state index contributed by atoms with van der Waals surface area (Å²) in [6, 6.07) is -0.934. The Bertz CT molecular complexity index is 1430. The Hall–Kier alpha value is -1.79. The Balaban J connectivity index is 1.66. The topological polar surface area (TPSA) is 228 Å². The largest absolute Gasteiger partial charge is 0.394 e. The van der Waals surface area contributed by atoms with Crippen LogP contribution in [0, 0.1) is 0 Å². The third kappa shape index (κ3) is 34.3. The van der Waals surface area contributed by atoms with E-state index in [2.05, 4.69) is 43.5 Å². The third-order valence-electron chi connectivity index (χ3n) is 15.5. The summed E-state index contributed by atoms with van der Waals surface area (Å²) in [5, 5.41) is 87.0. The maximum absolute atomic E-state index is 13.2. The number of hydrogen-bond donors (Lipinski definition) is 9. The average molecular weight is 1100 g/mol. The van der Waals surface area contributed by atoms with Gasteiger partial charge >= 0.3 is 0 Å². The highest BCUT2D eigenvalue weighted by molar-refractivity contribution is 5.76. The van der Waals surface area contributed by atoms with E-state index in [4.69, 9.17) is 18.9 Å². The molecule has 0 bridgehead atoms. The first-order valence-electron chi connectivity index (χ1n) is 31.7. The number of aliphatic hydroxyl groups excluding tert-OH is 8. The lowest BCUT2D eigenvalue weighted by Gasteiger charge is -2.46. The molecule has 14 nitrogen and oxygen atoms in total. The second-order valence-corrected chi connectivity index (χ2v) is 22.5. The molecule has 0 radical (unpaired) electrons. The molecule has 2 aliphatic rings. The molecule has 2 aliphatic heterocycles. The van der Waals surface area contributed by atoms with Gasteiger partial charge in [0.25, 0.3) is 0 Å². The molecule has 0 aromatic carbocycles. The SMILES string of the molecule is CCCC/C=C\CCCCCCCC(=O)NC(COC1OC(CO)C(OC2OC(CO)C(O)C(O)C2O)C(O)C1O)C(O)/C=C/CC/C=C/CCCCCCCCCCCCCCCCCCCCCCCCCCCC. The summed E-state index contributed by atoms with van der Waals surface area (Å²) < 4.78 is 22.7. The number of rotatable bonds is 51. The molecule has 2 fully saturated rings. The van der Waals surface area contributed by atoms with Crippen molar-refractivity contribution in [3.8, 4) is 0 Å². The lowest BCUT2D eigenvalue weighted by Crippen LogP contribution is -2.65. The van der Waals surface area contributed by atoms with Crippen LogP contribution in [0.5, 0.6) is 0 Å². The van der Waals surface area contributed by atoms with E-state index in [0.29, 0.717) is 12.8 Å². The highest BCUT2D eigenvalue weighted by Gasteiger charge is 2.51. The van der Waals surface area contributed by atoms with Gasteiger partial charge in [-0.1, -0.05) is 243 Å². The lowest BCUT2D eigenvalue weighted by atomic mass is 9.97. The van der Waals surface area contributed by atoms with E-state index in [0.717, 1.165) is 51.4 Å². The van der Waals surface area contributed by atoms with Crippen molar-refractivity contribution in [2.75, 3.05) is 19.8 Å². The van der Waals surface area contributed by atoms with E-state index in [1.807, 2.05) is 6.08 Å². The Kier molecular flexibility index (Phi) is 45.3. The summed E-state index contributed by atoms with van der Waals surface area (Å²) in [4.78, 5) is 13.2. The van der Waals surface area contributed by atoms with Crippen LogP contribution in [0.4, 0.5) is 0 Å². The minimum atomic E-state index is -1.79. The smallest absolute Gasteiger partial charge is 0.220 e. The second kappa shape index (κ2) is 48.9. The Morgan fingerprint density at radius 2 is 0.844 bits per heavy atom. The predicted octanol–water partition coefficient (Wildman–Crippen LogP) is 11.4. The van der Waals surface area contributed by atoms with Gasteiger partial charge in [-0.25, -0.2) is 0 Å². The number of unbranched alkanes of at least 4 members (excludes halogenated alkanes) is 34. The fourth-order valence-electron chi connectivity index (χ4n) is 10.4. The van der Waals surface area contributed by atoms with Crippen molar-refractivity contribution in [3.63, 3.8) is 0 Å².